The molecule has 0 aliphatic carbocycles. The molecular weight excluding hydrogens is 210 g/mol. The third kappa shape index (κ3) is 4.90. The predicted molar refractivity (Wildman–Crippen MR) is 72.9 cm³/mol. The first kappa shape index (κ1) is 14.2. The fraction of sp³-hybridized carbons (Fsp3) is 0.786. The molecule has 0 saturated carbocycles. The van der Waals surface area contributed by atoms with Crippen molar-refractivity contribution >= 4 is 0 Å². The molecule has 0 amide bonds. The Morgan fingerprint density at radius 3 is 2.47 bits per heavy atom. The molecule has 0 bridgehead atoms. The summed E-state index contributed by atoms with van der Waals surface area (Å²) < 4.78 is 1.94. The maximum absolute atomic E-state index is 4.21. The van der Waals surface area contributed by atoms with Crippen molar-refractivity contribution in [1.82, 2.24) is 15.1 Å². The van der Waals surface area contributed by atoms with Crippen LogP contribution in [-0.2, 0) is 7.05 Å². The molecule has 0 aromatic carbocycles. The Balaban J connectivity index is 2.31. The van der Waals surface area contributed by atoms with Crippen molar-refractivity contribution in [2.75, 3.05) is 0 Å². The van der Waals surface area contributed by atoms with Gasteiger partial charge in [0.1, 0.15) is 0 Å². The second-order valence-electron chi connectivity index (χ2n) is 5.49. The number of hydrogen-bond acceptors (Lipinski definition) is 2. The lowest BCUT2D eigenvalue weighted by molar-refractivity contribution is 0.413. The van der Waals surface area contributed by atoms with E-state index in [9.17, 15) is 0 Å². The Morgan fingerprint density at radius 1 is 1.24 bits per heavy atom. The fourth-order valence-corrected chi connectivity index (χ4v) is 2.24. The van der Waals surface area contributed by atoms with Crippen LogP contribution in [0, 0.1) is 5.92 Å². The summed E-state index contributed by atoms with van der Waals surface area (Å²) in [6, 6.07) is 3.02. The minimum Gasteiger partial charge on any atom is -0.306 e. The molecule has 2 unspecified atom stereocenters. The summed E-state index contributed by atoms with van der Waals surface area (Å²) >= 11 is 0. The molecule has 3 heteroatoms. The Morgan fingerprint density at radius 2 is 1.94 bits per heavy atom. The van der Waals surface area contributed by atoms with E-state index < -0.39 is 0 Å². The molecule has 3 nitrogen and oxygen atoms in total. The van der Waals surface area contributed by atoms with Crippen molar-refractivity contribution in [2.45, 2.75) is 59.0 Å². The van der Waals surface area contributed by atoms with Gasteiger partial charge in [-0.3, -0.25) is 4.68 Å². The molecule has 17 heavy (non-hydrogen) atoms. The topological polar surface area (TPSA) is 29.9 Å². The van der Waals surface area contributed by atoms with Crippen LogP contribution in [-0.4, -0.2) is 15.8 Å². The van der Waals surface area contributed by atoms with E-state index in [1.165, 1.54) is 25.0 Å². The summed E-state index contributed by atoms with van der Waals surface area (Å²) in [5.41, 5.74) is 1.25. The van der Waals surface area contributed by atoms with Gasteiger partial charge >= 0.3 is 0 Å². The molecule has 0 radical (unpaired) electrons. The van der Waals surface area contributed by atoms with E-state index in [0.717, 1.165) is 5.92 Å². The highest BCUT2D eigenvalue weighted by Gasteiger charge is 2.12. The zero-order valence-electron chi connectivity index (χ0n) is 11.9. The number of nitrogens with one attached hydrogen (secondary N) is 1. The van der Waals surface area contributed by atoms with Crippen molar-refractivity contribution in [3.63, 3.8) is 0 Å². The van der Waals surface area contributed by atoms with Gasteiger partial charge < -0.3 is 5.32 Å². The Bertz CT molecular complexity index is 317. The van der Waals surface area contributed by atoms with Gasteiger partial charge in [-0.1, -0.05) is 26.7 Å². The van der Waals surface area contributed by atoms with Crippen molar-refractivity contribution in [3.8, 4) is 0 Å². The van der Waals surface area contributed by atoms with Gasteiger partial charge in [0.2, 0.25) is 0 Å². The predicted octanol–water partition coefficient (Wildman–Crippen LogP) is 3.29. The second-order valence-corrected chi connectivity index (χ2v) is 5.49. The Labute approximate surface area is 106 Å². The lowest BCUT2D eigenvalue weighted by Gasteiger charge is -2.20. The van der Waals surface area contributed by atoms with Crippen LogP contribution in [0.5, 0.6) is 0 Å². The first-order chi connectivity index (χ1) is 8.00. The number of nitrogens with zero attached hydrogens (tertiary/aromatic N) is 2. The standard InChI is InChI=1S/C14H27N3/c1-11(2)7-6-8-12(3)16-13(4)14-9-10-15-17(14)5/h9-13,16H,6-8H2,1-5H3. The van der Waals surface area contributed by atoms with Crippen LogP contribution in [0.3, 0.4) is 0 Å². The lowest BCUT2D eigenvalue weighted by Crippen LogP contribution is -2.30. The lowest BCUT2D eigenvalue weighted by atomic mass is 10.0. The minimum absolute atomic E-state index is 0.372. The largest absolute Gasteiger partial charge is 0.306 e. The SMILES string of the molecule is CC(C)CCCC(C)NC(C)c1ccnn1C. The zero-order valence-corrected chi connectivity index (χ0v) is 11.9. The molecular formula is C14H27N3. The van der Waals surface area contributed by atoms with E-state index in [4.69, 9.17) is 0 Å². The van der Waals surface area contributed by atoms with Crippen LogP contribution in [0.4, 0.5) is 0 Å². The number of rotatable bonds is 7. The molecule has 0 aliphatic heterocycles. The summed E-state index contributed by atoms with van der Waals surface area (Å²) in [5, 5.41) is 7.84. The third-order valence-electron chi connectivity index (χ3n) is 3.26. The summed E-state index contributed by atoms with van der Waals surface area (Å²) in [6.07, 6.45) is 5.74. The average Bonchev–Trinajstić information content (AvgIpc) is 2.63. The van der Waals surface area contributed by atoms with Gasteiger partial charge in [-0.05, 0) is 32.3 Å². The van der Waals surface area contributed by atoms with E-state index in [-0.39, 0.29) is 0 Å². The average molecular weight is 237 g/mol. The summed E-state index contributed by atoms with van der Waals surface area (Å²) in [6.45, 7) is 9.05. The van der Waals surface area contributed by atoms with Crippen LogP contribution in [0.1, 0.15) is 58.7 Å². The molecule has 98 valence electrons. The molecule has 1 N–H and O–H groups in total. The second kappa shape index (κ2) is 6.80. The number of aryl methyl sites for hydroxylation is 1. The molecule has 2 atom stereocenters. The molecule has 1 aromatic rings. The molecule has 0 saturated heterocycles. The fourth-order valence-electron chi connectivity index (χ4n) is 2.24. The van der Waals surface area contributed by atoms with Gasteiger partial charge in [0.15, 0.2) is 0 Å². The van der Waals surface area contributed by atoms with E-state index in [2.05, 4.69) is 44.2 Å². The Hall–Kier alpha value is -0.830. The van der Waals surface area contributed by atoms with Gasteiger partial charge in [-0.25, -0.2) is 0 Å². The normalized spacial score (nSPS) is 15.2. The van der Waals surface area contributed by atoms with Crippen LogP contribution < -0.4 is 5.32 Å². The quantitative estimate of drug-likeness (QED) is 0.788. The maximum atomic E-state index is 4.21. The molecule has 1 aromatic heterocycles. The van der Waals surface area contributed by atoms with Crippen LogP contribution >= 0.6 is 0 Å². The monoisotopic (exact) mass is 237 g/mol. The third-order valence-corrected chi connectivity index (χ3v) is 3.26. The van der Waals surface area contributed by atoms with E-state index in [1.807, 2.05) is 17.9 Å². The Kier molecular flexibility index (Phi) is 5.69. The van der Waals surface area contributed by atoms with Crippen LogP contribution in [0.15, 0.2) is 12.3 Å². The first-order valence-corrected chi connectivity index (χ1v) is 6.74. The smallest absolute Gasteiger partial charge is 0.0547 e. The van der Waals surface area contributed by atoms with Gasteiger partial charge in [-0.15, -0.1) is 0 Å². The first-order valence-electron chi connectivity index (χ1n) is 6.74. The maximum Gasteiger partial charge on any atom is 0.0547 e. The molecule has 0 aliphatic rings. The summed E-state index contributed by atoms with van der Waals surface area (Å²) in [4.78, 5) is 0. The highest BCUT2D eigenvalue weighted by molar-refractivity contribution is 5.05. The number of hydrogen-bond donors (Lipinski definition) is 1. The van der Waals surface area contributed by atoms with E-state index >= 15 is 0 Å². The highest BCUT2D eigenvalue weighted by Crippen LogP contribution is 2.14. The van der Waals surface area contributed by atoms with Crippen molar-refractivity contribution in [2.24, 2.45) is 13.0 Å². The summed E-state index contributed by atoms with van der Waals surface area (Å²) in [7, 11) is 2.00. The minimum atomic E-state index is 0.372. The van der Waals surface area contributed by atoms with Gasteiger partial charge in [0.05, 0.1) is 5.69 Å². The van der Waals surface area contributed by atoms with Crippen molar-refractivity contribution in [1.29, 1.82) is 0 Å². The van der Waals surface area contributed by atoms with Crippen LogP contribution in [0.2, 0.25) is 0 Å². The molecule has 0 spiro atoms. The van der Waals surface area contributed by atoms with Gasteiger partial charge in [0.25, 0.3) is 0 Å². The summed E-state index contributed by atoms with van der Waals surface area (Å²) in [5.74, 6) is 0.816. The van der Waals surface area contributed by atoms with Crippen molar-refractivity contribution in [3.05, 3.63) is 18.0 Å². The van der Waals surface area contributed by atoms with Gasteiger partial charge in [0, 0.05) is 25.3 Å². The highest BCUT2D eigenvalue weighted by atomic mass is 15.3. The van der Waals surface area contributed by atoms with E-state index in [0.29, 0.717) is 12.1 Å². The molecule has 0 fully saturated rings. The van der Waals surface area contributed by atoms with Gasteiger partial charge in [-0.2, -0.15) is 5.10 Å². The number of aromatic nitrogens is 2. The van der Waals surface area contributed by atoms with E-state index in [1.54, 1.807) is 0 Å². The van der Waals surface area contributed by atoms with Crippen LogP contribution in [0.25, 0.3) is 0 Å². The van der Waals surface area contributed by atoms with Crippen molar-refractivity contribution < 1.29 is 0 Å². The zero-order chi connectivity index (χ0) is 12.8. The molecule has 1 rings (SSSR count). The molecule has 1 heterocycles.